The van der Waals surface area contributed by atoms with Gasteiger partial charge in [0, 0.05) is 31.5 Å². The van der Waals surface area contributed by atoms with E-state index in [1.165, 1.54) is 5.56 Å². The summed E-state index contributed by atoms with van der Waals surface area (Å²) < 4.78 is 5.22. The highest BCUT2D eigenvalue weighted by atomic mass is 16.5. The molecule has 2 aromatic rings. The summed E-state index contributed by atoms with van der Waals surface area (Å²) in [6, 6.07) is 17.7. The van der Waals surface area contributed by atoms with E-state index in [9.17, 15) is 5.11 Å². The van der Waals surface area contributed by atoms with Crippen LogP contribution in [0.4, 0.5) is 0 Å². The number of nitriles is 1. The molecule has 0 saturated carbocycles. The first-order chi connectivity index (χ1) is 12.5. The monoisotopic (exact) mass is 350 g/mol. The molecule has 136 valence electrons. The second kappa shape index (κ2) is 7.49. The van der Waals surface area contributed by atoms with E-state index < -0.39 is 5.60 Å². The number of likely N-dealkylation sites (tertiary alicyclic amines) is 1. The standard InChI is InChI=1S/C22H26N2O2/c1-16-13-24(15-19-6-10-21(26-3)11-7-19)14-17(2)22(16,25)20-8-4-18(12-23)5-9-20/h4-11,16-17,25H,13-15H2,1-3H3/t16-,17+,22?. The molecule has 1 fully saturated rings. The van der Waals surface area contributed by atoms with Gasteiger partial charge in [0.15, 0.2) is 0 Å². The molecule has 1 aliphatic rings. The SMILES string of the molecule is COc1ccc(CN2C[C@@H](C)C(O)(c3ccc(C#N)cc3)[C@@H](C)C2)cc1. The lowest BCUT2D eigenvalue weighted by molar-refractivity contribution is -0.114. The van der Waals surface area contributed by atoms with Crippen molar-refractivity contribution in [1.29, 1.82) is 5.26 Å². The molecule has 0 radical (unpaired) electrons. The first-order valence-electron chi connectivity index (χ1n) is 9.05. The highest BCUT2D eigenvalue weighted by Crippen LogP contribution is 2.41. The van der Waals surface area contributed by atoms with Crippen LogP contribution < -0.4 is 4.74 Å². The van der Waals surface area contributed by atoms with E-state index in [0.29, 0.717) is 5.56 Å². The molecule has 0 spiro atoms. The predicted molar refractivity (Wildman–Crippen MR) is 102 cm³/mol. The van der Waals surface area contributed by atoms with Crippen LogP contribution in [0.1, 0.15) is 30.5 Å². The van der Waals surface area contributed by atoms with Crippen LogP contribution in [0.25, 0.3) is 0 Å². The molecule has 4 nitrogen and oxygen atoms in total. The number of aliphatic hydroxyl groups is 1. The summed E-state index contributed by atoms with van der Waals surface area (Å²) >= 11 is 0. The molecule has 0 aromatic heterocycles. The van der Waals surface area contributed by atoms with Gasteiger partial charge in [0.05, 0.1) is 24.3 Å². The maximum absolute atomic E-state index is 11.5. The first-order valence-corrected chi connectivity index (χ1v) is 9.05. The van der Waals surface area contributed by atoms with Crippen molar-refractivity contribution in [3.63, 3.8) is 0 Å². The number of methoxy groups -OCH3 is 1. The van der Waals surface area contributed by atoms with Gasteiger partial charge in [-0.2, -0.15) is 5.26 Å². The summed E-state index contributed by atoms with van der Waals surface area (Å²) in [7, 11) is 1.67. The fourth-order valence-electron chi connectivity index (χ4n) is 4.11. The molecule has 0 amide bonds. The highest BCUT2D eigenvalue weighted by Gasteiger charge is 2.45. The summed E-state index contributed by atoms with van der Waals surface area (Å²) in [5.74, 6) is 1.05. The zero-order valence-corrected chi connectivity index (χ0v) is 15.6. The maximum atomic E-state index is 11.5. The Balaban J connectivity index is 1.74. The van der Waals surface area contributed by atoms with Crippen molar-refractivity contribution in [3.8, 4) is 11.8 Å². The minimum absolute atomic E-state index is 0.0948. The van der Waals surface area contributed by atoms with Crippen molar-refractivity contribution in [1.82, 2.24) is 4.90 Å². The summed E-state index contributed by atoms with van der Waals surface area (Å²) in [5.41, 5.74) is 1.90. The maximum Gasteiger partial charge on any atom is 0.118 e. The average Bonchev–Trinajstić information content (AvgIpc) is 2.66. The normalized spacial score (nSPS) is 26.3. The Hall–Kier alpha value is -2.35. The Morgan fingerprint density at radius 3 is 2.15 bits per heavy atom. The lowest BCUT2D eigenvalue weighted by atomic mass is 9.70. The molecule has 0 aliphatic carbocycles. The van der Waals surface area contributed by atoms with Gasteiger partial charge in [-0.15, -0.1) is 0 Å². The van der Waals surface area contributed by atoms with Gasteiger partial charge in [-0.3, -0.25) is 4.90 Å². The second-order valence-electron chi connectivity index (χ2n) is 7.36. The van der Waals surface area contributed by atoms with Crippen molar-refractivity contribution in [3.05, 3.63) is 65.2 Å². The smallest absolute Gasteiger partial charge is 0.118 e. The Morgan fingerprint density at radius 2 is 1.65 bits per heavy atom. The molecule has 0 bridgehead atoms. The molecular formula is C22H26N2O2. The molecule has 1 aliphatic heterocycles. The van der Waals surface area contributed by atoms with E-state index in [2.05, 4.69) is 36.9 Å². The molecule has 26 heavy (non-hydrogen) atoms. The summed E-state index contributed by atoms with van der Waals surface area (Å²) in [6.45, 7) is 6.73. The topological polar surface area (TPSA) is 56.5 Å². The Morgan fingerprint density at radius 1 is 1.08 bits per heavy atom. The van der Waals surface area contributed by atoms with Crippen molar-refractivity contribution in [2.24, 2.45) is 11.8 Å². The summed E-state index contributed by atoms with van der Waals surface area (Å²) in [6.07, 6.45) is 0. The highest BCUT2D eigenvalue weighted by molar-refractivity contribution is 5.35. The molecule has 4 heteroatoms. The molecule has 2 aromatic carbocycles. The molecule has 1 unspecified atom stereocenters. The Kier molecular flexibility index (Phi) is 5.31. The van der Waals surface area contributed by atoms with Gasteiger partial charge >= 0.3 is 0 Å². The molecule has 3 rings (SSSR count). The molecule has 3 atom stereocenters. The zero-order valence-electron chi connectivity index (χ0n) is 15.6. The molecular weight excluding hydrogens is 324 g/mol. The van der Waals surface area contributed by atoms with Crippen LogP contribution in [0.3, 0.4) is 0 Å². The number of benzene rings is 2. The molecule has 1 saturated heterocycles. The zero-order chi connectivity index (χ0) is 18.7. The minimum atomic E-state index is -0.871. The van der Waals surface area contributed by atoms with Crippen LogP contribution >= 0.6 is 0 Å². The lowest BCUT2D eigenvalue weighted by Gasteiger charge is -2.48. The Bertz CT molecular complexity index is 765. The second-order valence-corrected chi connectivity index (χ2v) is 7.36. The fraction of sp³-hybridized carbons (Fsp3) is 0.409. The van der Waals surface area contributed by atoms with Crippen LogP contribution in [0, 0.1) is 23.2 Å². The largest absolute Gasteiger partial charge is 0.497 e. The number of rotatable bonds is 4. The summed E-state index contributed by atoms with van der Waals surface area (Å²) in [4.78, 5) is 2.40. The van der Waals surface area contributed by atoms with E-state index in [0.717, 1.165) is 30.9 Å². The molecule has 1 N–H and O–H groups in total. The quantitative estimate of drug-likeness (QED) is 0.916. The van der Waals surface area contributed by atoms with Gasteiger partial charge in [-0.1, -0.05) is 38.1 Å². The van der Waals surface area contributed by atoms with Crippen LogP contribution in [-0.2, 0) is 12.1 Å². The van der Waals surface area contributed by atoms with E-state index in [1.54, 1.807) is 19.2 Å². The third kappa shape index (κ3) is 3.46. The van der Waals surface area contributed by atoms with Crippen LogP contribution in [0.5, 0.6) is 5.75 Å². The molecule has 1 heterocycles. The van der Waals surface area contributed by atoms with E-state index in [1.807, 2.05) is 24.3 Å². The number of piperidine rings is 1. The number of nitrogens with zero attached hydrogens (tertiary/aromatic N) is 2. The van der Waals surface area contributed by atoms with Gasteiger partial charge in [0.25, 0.3) is 0 Å². The van der Waals surface area contributed by atoms with Gasteiger partial charge in [0.1, 0.15) is 5.75 Å². The van der Waals surface area contributed by atoms with Crippen LogP contribution in [-0.4, -0.2) is 30.2 Å². The number of ether oxygens (including phenoxy) is 1. The van der Waals surface area contributed by atoms with E-state index in [-0.39, 0.29) is 11.8 Å². The average molecular weight is 350 g/mol. The third-order valence-electron chi connectivity index (χ3n) is 5.61. The lowest BCUT2D eigenvalue weighted by Crippen LogP contribution is -2.54. The number of hydrogen-bond donors (Lipinski definition) is 1. The van der Waals surface area contributed by atoms with Crippen molar-refractivity contribution in [2.75, 3.05) is 20.2 Å². The van der Waals surface area contributed by atoms with Gasteiger partial charge in [-0.05, 0) is 35.4 Å². The van der Waals surface area contributed by atoms with E-state index in [4.69, 9.17) is 10.00 Å². The van der Waals surface area contributed by atoms with Crippen molar-refractivity contribution in [2.45, 2.75) is 26.0 Å². The fourth-order valence-corrected chi connectivity index (χ4v) is 4.11. The Labute approximate surface area is 155 Å². The predicted octanol–water partition coefficient (Wildman–Crippen LogP) is 3.54. The van der Waals surface area contributed by atoms with E-state index >= 15 is 0 Å². The van der Waals surface area contributed by atoms with Gasteiger partial charge in [-0.25, -0.2) is 0 Å². The van der Waals surface area contributed by atoms with Crippen molar-refractivity contribution < 1.29 is 9.84 Å². The number of hydrogen-bond acceptors (Lipinski definition) is 4. The van der Waals surface area contributed by atoms with Crippen LogP contribution in [0.2, 0.25) is 0 Å². The summed E-state index contributed by atoms with van der Waals surface area (Å²) in [5, 5.41) is 20.5. The van der Waals surface area contributed by atoms with Gasteiger partial charge in [0.2, 0.25) is 0 Å². The third-order valence-corrected chi connectivity index (χ3v) is 5.61. The minimum Gasteiger partial charge on any atom is -0.497 e. The van der Waals surface area contributed by atoms with Crippen molar-refractivity contribution >= 4 is 0 Å². The first kappa shape index (κ1) is 18.4. The van der Waals surface area contributed by atoms with Gasteiger partial charge < -0.3 is 9.84 Å². The van der Waals surface area contributed by atoms with Crippen LogP contribution in [0.15, 0.2) is 48.5 Å².